The van der Waals surface area contributed by atoms with Gasteiger partial charge in [0.05, 0.1) is 17.4 Å². The number of benzene rings is 2. The molecule has 3 fully saturated rings. The first kappa shape index (κ1) is 23.5. The Morgan fingerprint density at radius 2 is 1.69 bits per heavy atom. The van der Waals surface area contributed by atoms with Crippen LogP contribution in [0.3, 0.4) is 0 Å². The minimum absolute atomic E-state index is 0.183. The largest absolute Gasteiger partial charge is 0.416 e. The molecule has 184 valence electrons. The molecule has 0 bridgehead atoms. The van der Waals surface area contributed by atoms with Gasteiger partial charge < -0.3 is 4.90 Å². The molecule has 0 radical (unpaired) electrons. The topological polar surface area (TPSA) is 69.7 Å². The van der Waals surface area contributed by atoms with Crippen LogP contribution in [0, 0.1) is 11.8 Å². The number of nitrogens with one attached hydrogen (secondary N) is 1. The molecule has 6 nitrogen and oxygen atoms in total. The van der Waals surface area contributed by atoms with Crippen LogP contribution in [0.4, 0.5) is 13.2 Å². The van der Waals surface area contributed by atoms with E-state index in [1.54, 1.807) is 11.8 Å². The first-order chi connectivity index (χ1) is 16.7. The van der Waals surface area contributed by atoms with Gasteiger partial charge in [-0.2, -0.15) is 13.2 Å². The fraction of sp³-hybridized carbons (Fsp3) is 0.423. The Morgan fingerprint density at radius 3 is 2.31 bits per heavy atom. The zero-order chi connectivity index (χ0) is 25.0. The van der Waals surface area contributed by atoms with Gasteiger partial charge >= 0.3 is 6.18 Å². The Bertz CT molecular complexity index is 1150. The van der Waals surface area contributed by atoms with Crippen molar-refractivity contribution in [1.82, 2.24) is 15.1 Å². The molecule has 0 aromatic heterocycles. The maximum absolute atomic E-state index is 13.9. The molecule has 3 amide bonds. The monoisotopic (exact) mass is 485 g/mol. The van der Waals surface area contributed by atoms with E-state index in [-0.39, 0.29) is 24.3 Å². The van der Waals surface area contributed by atoms with Crippen molar-refractivity contribution >= 4 is 17.7 Å². The van der Waals surface area contributed by atoms with E-state index in [0.29, 0.717) is 31.5 Å². The summed E-state index contributed by atoms with van der Waals surface area (Å²) in [7, 11) is 0. The summed E-state index contributed by atoms with van der Waals surface area (Å²) in [5.41, 5.74) is -0.660. The number of imide groups is 1. The number of carbonyl (C=O) groups is 3. The van der Waals surface area contributed by atoms with Crippen molar-refractivity contribution in [2.24, 2.45) is 11.8 Å². The molecule has 4 atom stereocenters. The van der Waals surface area contributed by atoms with Gasteiger partial charge in [0.25, 0.3) is 0 Å². The van der Waals surface area contributed by atoms with Gasteiger partial charge in [-0.1, -0.05) is 42.5 Å². The molecule has 0 saturated carbocycles. The molecule has 0 unspecified atom stereocenters. The Morgan fingerprint density at radius 1 is 1.00 bits per heavy atom. The SMILES string of the molecule is CCN1C(=O)[C@H]2[C@@H](c3ccc(C(F)(F)F)cc3)N[C@]3(CCCN(Cc4ccccc4)C3=O)[C@H]2C1=O. The summed E-state index contributed by atoms with van der Waals surface area (Å²) in [4.78, 5) is 43.6. The summed E-state index contributed by atoms with van der Waals surface area (Å²) in [6, 6.07) is 13.4. The molecule has 2 aromatic rings. The second kappa shape index (κ2) is 8.48. The maximum atomic E-state index is 13.9. The van der Waals surface area contributed by atoms with Crippen molar-refractivity contribution in [3.8, 4) is 0 Å². The number of hydrogen-bond acceptors (Lipinski definition) is 4. The summed E-state index contributed by atoms with van der Waals surface area (Å²) in [5.74, 6) is -2.76. The van der Waals surface area contributed by atoms with Gasteiger partial charge in [0, 0.05) is 25.7 Å². The van der Waals surface area contributed by atoms with Crippen LogP contribution < -0.4 is 5.32 Å². The third-order valence-electron chi connectivity index (χ3n) is 7.54. The molecule has 35 heavy (non-hydrogen) atoms. The lowest BCUT2D eigenvalue weighted by Crippen LogP contribution is -2.63. The van der Waals surface area contributed by atoms with E-state index < -0.39 is 35.2 Å². The quantitative estimate of drug-likeness (QED) is 0.673. The number of likely N-dealkylation sites (tertiary alicyclic amines) is 2. The molecular weight excluding hydrogens is 459 g/mol. The van der Waals surface area contributed by atoms with Crippen molar-refractivity contribution in [3.63, 3.8) is 0 Å². The Balaban J connectivity index is 1.53. The molecule has 3 aliphatic heterocycles. The van der Waals surface area contributed by atoms with Crippen LogP contribution >= 0.6 is 0 Å². The first-order valence-electron chi connectivity index (χ1n) is 11.8. The fourth-order valence-corrected chi connectivity index (χ4v) is 5.96. The number of alkyl halides is 3. The molecule has 3 aliphatic rings. The summed E-state index contributed by atoms with van der Waals surface area (Å²) < 4.78 is 39.3. The Kier molecular flexibility index (Phi) is 5.70. The molecule has 9 heteroatoms. The van der Waals surface area contributed by atoms with Gasteiger partial charge in [0.15, 0.2) is 0 Å². The van der Waals surface area contributed by atoms with E-state index in [0.717, 1.165) is 17.7 Å². The summed E-state index contributed by atoms with van der Waals surface area (Å²) in [5, 5.41) is 3.31. The number of nitrogens with zero attached hydrogens (tertiary/aromatic N) is 2. The van der Waals surface area contributed by atoms with Crippen LogP contribution in [0.15, 0.2) is 54.6 Å². The van der Waals surface area contributed by atoms with Crippen molar-refractivity contribution < 1.29 is 27.6 Å². The van der Waals surface area contributed by atoms with E-state index in [9.17, 15) is 27.6 Å². The number of piperidine rings is 1. The highest BCUT2D eigenvalue weighted by molar-refractivity contribution is 6.10. The van der Waals surface area contributed by atoms with Crippen molar-refractivity contribution in [3.05, 3.63) is 71.3 Å². The van der Waals surface area contributed by atoms with Crippen molar-refractivity contribution in [2.75, 3.05) is 13.1 Å². The normalized spacial score (nSPS) is 28.8. The standard InChI is InChI=1S/C26H26F3N3O3/c1-2-32-22(33)19-20(23(32)34)25(30-21(19)17-9-11-18(12-10-17)26(27,28)29)13-6-14-31(24(25)35)15-16-7-4-3-5-8-16/h3-5,7-12,19-21,30H,2,6,13-15H2,1H3/t19-,20-,21-,25-/m1/s1. The highest BCUT2D eigenvalue weighted by atomic mass is 19.4. The summed E-state index contributed by atoms with van der Waals surface area (Å²) in [6.07, 6.45) is -3.46. The van der Waals surface area contributed by atoms with Crippen LogP contribution in [0.1, 0.15) is 42.5 Å². The number of carbonyl (C=O) groups excluding carboxylic acids is 3. The third-order valence-corrected chi connectivity index (χ3v) is 7.54. The van der Waals surface area contributed by atoms with Crippen LogP contribution in [0.5, 0.6) is 0 Å². The van der Waals surface area contributed by atoms with Gasteiger partial charge in [-0.25, -0.2) is 0 Å². The number of amides is 3. The van der Waals surface area contributed by atoms with Gasteiger partial charge in [-0.15, -0.1) is 0 Å². The second-order valence-electron chi connectivity index (χ2n) is 9.45. The van der Waals surface area contributed by atoms with E-state index in [2.05, 4.69) is 5.32 Å². The highest BCUT2D eigenvalue weighted by Crippen LogP contribution is 2.52. The molecule has 1 N–H and O–H groups in total. The lowest BCUT2D eigenvalue weighted by molar-refractivity contribution is -0.150. The smallest absolute Gasteiger partial charge is 0.337 e. The average Bonchev–Trinajstić information content (AvgIpc) is 3.31. The first-order valence-corrected chi connectivity index (χ1v) is 11.8. The summed E-state index contributed by atoms with van der Waals surface area (Å²) >= 11 is 0. The Labute approximate surface area is 201 Å². The van der Waals surface area contributed by atoms with Crippen LogP contribution in [-0.2, 0) is 27.1 Å². The lowest BCUT2D eigenvalue weighted by atomic mass is 9.74. The number of halogens is 3. The number of fused-ring (bicyclic) bond motifs is 2. The van der Waals surface area contributed by atoms with E-state index >= 15 is 0 Å². The average molecular weight is 486 g/mol. The van der Waals surface area contributed by atoms with Crippen LogP contribution in [0.2, 0.25) is 0 Å². The maximum Gasteiger partial charge on any atom is 0.416 e. The number of rotatable bonds is 4. The second-order valence-corrected chi connectivity index (χ2v) is 9.45. The van der Waals surface area contributed by atoms with Crippen LogP contribution in [-0.4, -0.2) is 46.1 Å². The lowest BCUT2D eigenvalue weighted by Gasteiger charge is -2.42. The van der Waals surface area contributed by atoms with Gasteiger partial charge in [0.2, 0.25) is 17.7 Å². The molecular formula is C26H26F3N3O3. The molecule has 3 heterocycles. The molecule has 2 aromatic carbocycles. The molecule has 3 saturated heterocycles. The van der Waals surface area contributed by atoms with E-state index in [1.807, 2.05) is 30.3 Å². The van der Waals surface area contributed by atoms with E-state index in [4.69, 9.17) is 0 Å². The zero-order valence-corrected chi connectivity index (χ0v) is 19.2. The van der Waals surface area contributed by atoms with Gasteiger partial charge in [-0.05, 0) is 43.0 Å². The minimum atomic E-state index is -4.49. The Hall–Kier alpha value is -3.20. The summed E-state index contributed by atoms with van der Waals surface area (Å²) in [6.45, 7) is 2.79. The third kappa shape index (κ3) is 3.73. The minimum Gasteiger partial charge on any atom is -0.337 e. The van der Waals surface area contributed by atoms with E-state index in [1.165, 1.54) is 17.0 Å². The zero-order valence-electron chi connectivity index (χ0n) is 19.2. The van der Waals surface area contributed by atoms with Crippen molar-refractivity contribution in [2.45, 2.75) is 44.1 Å². The molecule has 5 rings (SSSR count). The predicted octanol–water partition coefficient (Wildman–Crippen LogP) is 3.53. The van der Waals surface area contributed by atoms with Gasteiger partial charge in [-0.3, -0.25) is 24.6 Å². The molecule has 0 aliphatic carbocycles. The molecule has 1 spiro atoms. The van der Waals surface area contributed by atoms with Crippen LogP contribution in [0.25, 0.3) is 0 Å². The van der Waals surface area contributed by atoms with Crippen molar-refractivity contribution in [1.29, 1.82) is 0 Å². The van der Waals surface area contributed by atoms with Gasteiger partial charge in [0.1, 0.15) is 5.54 Å². The fourth-order valence-electron chi connectivity index (χ4n) is 5.96. The highest BCUT2D eigenvalue weighted by Gasteiger charge is 2.68. The predicted molar refractivity (Wildman–Crippen MR) is 121 cm³/mol. The number of hydrogen-bond donors (Lipinski definition) is 1.